The lowest BCUT2D eigenvalue weighted by Crippen LogP contribution is -2.31. The molecule has 0 spiro atoms. The van der Waals surface area contributed by atoms with Crippen molar-refractivity contribution in [1.82, 2.24) is 14.9 Å². The molecule has 4 nitrogen and oxygen atoms in total. The first-order valence-corrected chi connectivity index (χ1v) is 8.60. The van der Waals surface area contributed by atoms with E-state index in [2.05, 4.69) is 52.1 Å². The van der Waals surface area contributed by atoms with Crippen molar-refractivity contribution in [1.29, 1.82) is 0 Å². The van der Waals surface area contributed by atoms with Gasteiger partial charge < -0.3 is 4.74 Å². The number of aromatic nitrogens is 2. The molecule has 1 aliphatic rings. The molecule has 0 amide bonds. The Kier molecular flexibility index (Phi) is 4.55. The Labute approximate surface area is 148 Å². The fraction of sp³-hybridized carbons (Fsp3) is 0.238. The molecule has 1 aromatic carbocycles. The highest BCUT2D eigenvalue weighted by Crippen LogP contribution is 2.42. The Bertz CT molecular complexity index is 795. The van der Waals surface area contributed by atoms with Gasteiger partial charge in [0.25, 0.3) is 0 Å². The molecule has 0 bridgehead atoms. The maximum Gasteiger partial charge on any atom is 0.155 e. The second-order valence-corrected chi connectivity index (χ2v) is 6.31. The van der Waals surface area contributed by atoms with Gasteiger partial charge in [-0.25, -0.2) is 0 Å². The van der Waals surface area contributed by atoms with Gasteiger partial charge in [-0.15, -0.1) is 0 Å². The SMILES string of the molecule is C[C@H]1[C@@H](c2ccccc2)OC(c2ccccn2)N1Cc1ccccn1. The first-order valence-electron chi connectivity index (χ1n) is 8.60. The van der Waals surface area contributed by atoms with Crippen molar-refractivity contribution in [2.24, 2.45) is 0 Å². The summed E-state index contributed by atoms with van der Waals surface area (Å²) < 4.78 is 6.47. The number of pyridine rings is 2. The third-order valence-electron chi connectivity index (χ3n) is 4.68. The van der Waals surface area contributed by atoms with E-state index in [1.807, 2.05) is 48.8 Å². The normalized spacial score (nSPS) is 23.6. The minimum atomic E-state index is -0.177. The van der Waals surface area contributed by atoms with Gasteiger partial charge in [0.2, 0.25) is 0 Å². The highest BCUT2D eigenvalue weighted by Gasteiger charge is 2.41. The number of nitrogens with zero attached hydrogens (tertiary/aromatic N) is 3. The van der Waals surface area contributed by atoms with Crippen LogP contribution in [0, 0.1) is 0 Å². The molecule has 1 aliphatic heterocycles. The Morgan fingerprint density at radius 3 is 2.28 bits per heavy atom. The molecule has 0 N–H and O–H groups in total. The van der Waals surface area contributed by atoms with E-state index in [-0.39, 0.29) is 18.4 Å². The third kappa shape index (κ3) is 3.31. The summed E-state index contributed by atoms with van der Waals surface area (Å²) in [5.74, 6) is 0. The zero-order chi connectivity index (χ0) is 17.1. The Hall–Kier alpha value is -2.56. The van der Waals surface area contributed by atoms with Gasteiger partial charge in [-0.3, -0.25) is 14.9 Å². The van der Waals surface area contributed by atoms with E-state index in [0.29, 0.717) is 0 Å². The Balaban J connectivity index is 1.67. The minimum absolute atomic E-state index is 0.0110. The summed E-state index contributed by atoms with van der Waals surface area (Å²) >= 11 is 0. The van der Waals surface area contributed by atoms with Crippen LogP contribution >= 0.6 is 0 Å². The highest BCUT2D eigenvalue weighted by molar-refractivity contribution is 5.22. The molecule has 126 valence electrons. The summed E-state index contributed by atoms with van der Waals surface area (Å²) in [6, 6.07) is 22.6. The van der Waals surface area contributed by atoms with Crippen LogP contribution < -0.4 is 0 Å². The minimum Gasteiger partial charge on any atom is -0.348 e. The maximum atomic E-state index is 6.47. The number of hydrogen-bond donors (Lipinski definition) is 0. The molecule has 0 aliphatic carbocycles. The maximum absolute atomic E-state index is 6.47. The smallest absolute Gasteiger partial charge is 0.155 e. The summed E-state index contributed by atoms with van der Waals surface area (Å²) in [5.41, 5.74) is 3.16. The van der Waals surface area contributed by atoms with Crippen molar-refractivity contribution in [3.63, 3.8) is 0 Å². The number of ether oxygens (including phenoxy) is 1. The monoisotopic (exact) mass is 331 g/mol. The molecule has 0 radical (unpaired) electrons. The molecule has 1 saturated heterocycles. The third-order valence-corrected chi connectivity index (χ3v) is 4.68. The summed E-state index contributed by atoms with van der Waals surface area (Å²) in [4.78, 5) is 11.3. The second-order valence-electron chi connectivity index (χ2n) is 6.31. The average Bonchev–Trinajstić information content (AvgIpc) is 3.01. The van der Waals surface area contributed by atoms with E-state index >= 15 is 0 Å². The molecular formula is C21H21N3O. The summed E-state index contributed by atoms with van der Waals surface area (Å²) in [7, 11) is 0. The Morgan fingerprint density at radius 1 is 0.880 bits per heavy atom. The molecule has 1 unspecified atom stereocenters. The van der Waals surface area contributed by atoms with Gasteiger partial charge >= 0.3 is 0 Å². The van der Waals surface area contributed by atoms with E-state index < -0.39 is 0 Å². The lowest BCUT2D eigenvalue weighted by atomic mass is 10.0. The standard InChI is InChI=1S/C21H21N3O/c1-16-20(17-9-3-2-4-10-17)25-21(19-12-6-8-14-23-19)24(16)15-18-11-5-7-13-22-18/h2-14,16,20-21H,15H2,1H3/t16-,20-,21?/m0/s1. The summed E-state index contributed by atoms with van der Waals surface area (Å²) in [5, 5.41) is 0. The molecule has 25 heavy (non-hydrogen) atoms. The lowest BCUT2D eigenvalue weighted by Gasteiger charge is -2.25. The van der Waals surface area contributed by atoms with Gasteiger partial charge in [0.05, 0.1) is 11.4 Å². The van der Waals surface area contributed by atoms with Crippen LogP contribution in [0.2, 0.25) is 0 Å². The van der Waals surface area contributed by atoms with Gasteiger partial charge in [-0.2, -0.15) is 0 Å². The number of hydrogen-bond acceptors (Lipinski definition) is 4. The van der Waals surface area contributed by atoms with E-state index in [0.717, 1.165) is 17.9 Å². The molecule has 0 saturated carbocycles. The first kappa shape index (κ1) is 15.9. The van der Waals surface area contributed by atoms with E-state index in [9.17, 15) is 0 Å². The second kappa shape index (κ2) is 7.13. The van der Waals surface area contributed by atoms with E-state index in [1.54, 1.807) is 0 Å². The predicted molar refractivity (Wildman–Crippen MR) is 96.5 cm³/mol. The van der Waals surface area contributed by atoms with Crippen LogP contribution in [0.1, 0.15) is 36.2 Å². The summed E-state index contributed by atoms with van der Waals surface area (Å²) in [6.07, 6.45) is 3.49. The van der Waals surface area contributed by atoms with Crippen LogP contribution in [-0.2, 0) is 11.3 Å². The van der Waals surface area contributed by atoms with Crippen LogP contribution in [0.4, 0.5) is 0 Å². The van der Waals surface area contributed by atoms with Crippen LogP contribution in [-0.4, -0.2) is 20.9 Å². The van der Waals surface area contributed by atoms with Crippen LogP contribution in [0.25, 0.3) is 0 Å². The van der Waals surface area contributed by atoms with Crippen LogP contribution in [0.3, 0.4) is 0 Å². The first-order chi connectivity index (χ1) is 12.3. The van der Waals surface area contributed by atoms with Crippen molar-refractivity contribution in [3.05, 3.63) is 96.1 Å². The summed E-state index contributed by atoms with van der Waals surface area (Å²) in [6.45, 7) is 2.94. The Morgan fingerprint density at radius 2 is 1.60 bits per heavy atom. The van der Waals surface area contributed by atoms with Crippen molar-refractivity contribution in [3.8, 4) is 0 Å². The molecule has 3 heterocycles. The average molecular weight is 331 g/mol. The van der Waals surface area contributed by atoms with Gasteiger partial charge in [0, 0.05) is 25.0 Å². The zero-order valence-electron chi connectivity index (χ0n) is 14.2. The van der Waals surface area contributed by atoms with Gasteiger partial charge in [-0.05, 0) is 36.8 Å². The number of rotatable bonds is 4. The molecule has 3 atom stereocenters. The van der Waals surface area contributed by atoms with Crippen molar-refractivity contribution in [2.45, 2.75) is 31.8 Å². The zero-order valence-corrected chi connectivity index (χ0v) is 14.2. The fourth-order valence-electron chi connectivity index (χ4n) is 3.39. The number of benzene rings is 1. The van der Waals surface area contributed by atoms with Crippen LogP contribution in [0.5, 0.6) is 0 Å². The van der Waals surface area contributed by atoms with Crippen molar-refractivity contribution < 1.29 is 4.74 Å². The molecule has 3 aromatic rings. The lowest BCUT2D eigenvalue weighted by molar-refractivity contribution is -0.00846. The van der Waals surface area contributed by atoms with Gasteiger partial charge in [-0.1, -0.05) is 42.5 Å². The van der Waals surface area contributed by atoms with Gasteiger partial charge in [0.15, 0.2) is 6.23 Å². The molecule has 2 aromatic heterocycles. The molecule has 4 rings (SSSR count). The van der Waals surface area contributed by atoms with Crippen molar-refractivity contribution >= 4 is 0 Å². The predicted octanol–water partition coefficient (Wildman–Crippen LogP) is 4.14. The largest absolute Gasteiger partial charge is 0.348 e. The molecule has 4 heteroatoms. The molecule has 1 fully saturated rings. The fourth-order valence-corrected chi connectivity index (χ4v) is 3.39. The van der Waals surface area contributed by atoms with E-state index in [4.69, 9.17) is 4.74 Å². The van der Waals surface area contributed by atoms with Crippen LogP contribution in [0.15, 0.2) is 79.1 Å². The highest BCUT2D eigenvalue weighted by atomic mass is 16.5. The molecular weight excluding hydrogens is 310 g/mol. The topological polar surface area (TPSA) is 38.2 Å². The quantitative estimate of drug-likeness (QED) is 0.720. The van der Waals surface area contributed by atoms with E-state index in [1.165, 1.54) is 5.56 Å². The van der Waals surface area contributed by atoms with Gasteiger partial charge in [0.1, 0.15) is 6.10 Å². The van der Waals surface area contributed by atoms with Crippen molar-refractivity contribution in [2.75, 3.05) is 0 Å².